The molecule has 1 saturated carbocycles. The number of hydrogen-bond acceptors (Lipinski definition) is 2. The molecule has 0 amide bonds. The lowest BCUT2D eigenvalue weighted by molar-refractivity contribution is -0.0263. The lowest BCUT2D eigenvalue weighted by atomic mass is 9.89. The van der Waals surface area contributed by atoms with Crippen molar-refractivity contribution in [3.8, 4) is 0 Å². The van der Waals surface area contributed by atoms with E-state index in [9.17, 15) is 0 Å². The van der Waals surface area contributed by atoms with Crippen molar-refractivity contribution in [2.75, 3.05) is 6.54 Å². The van der Waals surface area contributed by atoms with E-state index in [0.29, 0.717) is 18.8 Å². The molecule has 2 nitrogen and oxygen atoms in total. The Morgan fingerprint density at radius 2 is 2.12 bits per heavy atom. The van der Waals surface area contributed by atoms with Gasteiger partial charge in [0.2, 0.25) is 0 Å². The molecular weight excluding hydrogens is 266 g/mol. The Morgan fingerprint density at radius 3 is 2.81 bits per heavy atom. The van der Waals surface area contributed by atoms with Crippen molar-refractivity contribution < 1.29 is 4.74 Å². The van der Waals surface area contributed by atoms with E-state index in [1.54, 1.807) is 0 Å². The minimum absolute atomic E-state index is 0.441. The molecule has 0 heterocycles. The van der Waals surface area contributed by atoms with Crippen LogP contribution in [0.1, 0.15) is 25.3 Å². The summed E-state index contributed by atoms with van der Waals surface area (Å²) >= 11 is 3.53. The highest BCUT2D eigenvalue weighted by Crippen LogP contribution is 2.25. The number of rotatable bonds is 5. The van der Waals surface area contributed by atoms with Gasteiger partial charge in [0.1, 0.15) is 0 Å². The number of benzene rings is 1. The number of hydrogen-bond donors (Lipinski definition) is 1. The van der Waals surface area contributed by atoms with Gasteiger partial charge >= 0.3 is 0 Å². The predicted molar refractivity (Wildman–Crippen MR) is 69.4 cm³/mol. The molecular formula is C13H18BrNO. The molecule has 1 aromatic rings. The second-order valence-electron chi connectivity index (χ2n) is 4.25. The molecule has 1 aromatic carbocycles. The van der Waals surface area contributed by atoms with E-state index >= 15 is 0 Å². The fourth-order valence-corrected chi connectivity index (χ4v) is 2.38. The van der Waals surface area contributed by atoms with Gasteiger partial charge in [-0.05, 0) is 31.0 Å². The summed E-state index contributed by atoms with van der Waals surface area (Å²) in [4.78, 5) is 0. The maximum atomic E-state index is 5.85. The summed E-state index contributed by atoms with van der Waals surface area (Å²) in [5, 5.41) is 3.43. The summed E-state index contributed by atoms with van der Waals surface area (Å²) in [6.07, 6.45) is 2.74. The third kappa shape index (κ3) is 3.06. The van der Waals surface area contributed by atoms with Crippen molar-refractivity contribution >= 4 is 15.9 Å². The van der Waals surface area contributed by atoms with Gasteiger partial charge in [-0.3, -0.25) is 0 Å². The van der Waals surface area contributed by atoms with Gasteiger partial charge in [-0.1, -0.05) is 41.1 Å². The van der Waals surface area contributed by atoms with Gasteiger partial charge in [0, 0.05) is 10.5 Å². The van der Waals surface area contributed by atoms with Crippen molar-refractivity contribution in [3.63, 3.8) is 0 Å². The molecule has 88 valence electrons. The Balaban J connectivity index is 1.72. The zero-order chi connectivity index (χ0) is 11.4. The lowest BCUT2D eigenvalue weighted by Gasteiger charge is -2.35. The maximum absolute atomic E-state index is 5.85. The fourth-order valence-electron chi connectivity index (χ4n) is 1.98. The maximum Gasteiger partial charge on any atom is 0.0731 e. The lowest BCUT2D eigenvalue weighted by Crippen LogP contribution is -2.45. The van der Waals surface area contributed by atoms with Crippen LogP contribution in [0, 0.1) is 0 Å². The summed E-state index contributed by atoms with van der Waals surface area (Å²) < 4.78 is 6.99. The fraction of sp³-hybridized carbons (Fsp3) is 0.538. The van der Waals surface area contributed by atoms with Crippen molar-refractivity contribution in [1.29, 1.82) is 0 Å². The molecule has 0 atom stereocenters. The van der Waals surface area contributed by atoms with Gasteiger partial charge in [-0.2, -0.15) is 0 Å². The van der Waals surface area contributed by atoms with Crippen molar-refractivity contribution in [3.05, 3.63) is 34.3 Å². The van der Waals surface area contributed by atoms with E-state index in [1.807, 2.05) is 12.1 Å². The van der Waals surface area contributed by atoms with Crippen LogP contribution in [-0.4, -0.2) is 18.7 Å². The molecule has 0 unspecified atom stereocenters. The summed E-state index contributed by atoms with van der Waals surface area (Å²) in [6.45, 7) is 3.92. The van der Waals surface area contributed by atoms with E-state index in [-0.39, 0.29) is 0 Å². The Kier molecular flexibility index (Phi) is 4.38. The third-order valence-corrected chi connectivity index (χ3v) is 3.79. The zero-order valence-electron chi connectivity index (χ0n) is 9.58. The minimum atomic E-state index is 0.441. The van der Waals surface area contributed by atoms with Crippen LogP contribution in [0.4, 0.5) is 0 Å². The number of nitrogens with one attached hydrogen (secondary N) is 1. The van der Waals surface area contributed by atoms with Crippen LogP contribution in [-0.2, 0) is 11.3 Å². The summed E-state index contributed by atoms with van der Waals surface area (Å²) in [7, 11) is 0. The van der Waals surface area contributed by atoms with Crippen LogP contribution >= 0.6 is 15.9 Å². The first kappa shape index (κ1) is 12.1. The van der Waals surface area contributed by atoms with E-state index in [1.165, 1.54) is 5.56 Å². The first-order valence-corrected chi connectivity index (χ1v) is 6.67. The van der Waals surface area contributed by atoms with Crippen molar-refractivity contribution in [2.45, 2.75) is 38.5 Å². The Morgan fingerprint density at radius 1 is 1.38 bits per heavy atom. The van der Waals surface area contributed by atoms with Crippen LogP contribution in [0.3, 0.4) is 0 Å². The molecule has 0 saturated heterocycles. The third-order valence-electron chi connectivity index (χ3n) is 3.02. The van der Waals surface area contributed by atoms with Crippen molar-refractivity contribution in [2.24, 2.45) is 0 Å². The average Bonchev–Trinajstić information content (AvgIpc) is 2.23. The molecule has 3 heteroatoms. The molecule has 0 bridgehead atoms. The molecule has 0 aliphatic heterocycles. The highest BCUT2D eigenvalue weighted by molar-refractivity contribution is 9.10. The highest BCUT2D eigenvalue weighted by Gasteiger charge is 2.28. The largest absolute Gasteiger partial charge is 0.373 e. The van der Waals surface area contributed by atoms with E-state index in [2.05, 4.69) is 40.3 Å². The first-order chi connectivity index (χ1) is 7.79. The summed E-state index contributed by atoms with van der Waals surface area (Å²) in [5.74, 6) is 0. The predicted octanol–water partition coefficient (Wildman–Crippen LogP) is 3.11. The molecule has 1 fully saturated rings. The Labute approximate surface area is 106 Å². The molecule has 16 heavy (non-hydrogen) atoms. The highest BCUT2D eigenvalue weighted by atomic mass is 79.9. The average molecular weight is 284 g/mol. The van der Waals surface area contributed by atoms with E-state index < -0.39 is 0 Å². The summed E-state index contributed by atoms with van der Waals surface area (Å²) in [6, 6.07) is 8.91. The van der Waals surface area contributed by atoms with E-state index in [4.69, 9.17) is 4.74 Å². The van der Waals surface area contributed by atoms with Crippen molar-refractivity contribution in [1.82, 2.24) is 5.32 Å². The quantitative estimate of drug-likeness (QED) is 0.897. The molecule has 2 rings (SSSR count). The van der Waals surface area contributed by atoms with Crippen LogP contribution < -0.4 is 5.32 Å². The first-order valence-electron chi connectivity index (χ1n) is 5.88. The molecule has 0 aromatic heterocycles. The molecule has 1 aliphatic rings. The van der Waals surface area contributed by atoms with Crippen LogP contribution in [0.25, 0.3) is 0 Å². The van der Waals surface area contributed by atoms with Crippen LogP contribution in [0.5, 0.6) is 0 Å². The topological polar surface area (TPSA) is 21.3 Å². The zero-order valence-corrected chi connectivity index (χ0v) is 11.2. The standard InChI is InChI=1S/C13H18BrNO/c1-2-15-11-7-12(8-11)16-9-10-5-3-4-6-13(10)14/h3-6,11-12,15H,2,7-9H2,1H3. The second kappa shape index (κ2) is 5.80. The number of ether oxygens (including phenoxy) is 1. The summed E-state index contributed by atoms with van der Waals surface area (Å²) in [5.41, 5.74) is 1.23. The molecule has 0 spiro atoms. The van der Waals surface area contributed by atoms with Gasteiger partial charge in [0.15, 0.2) is 0 Å². The number of halogens is 1. The van der Waals surface area contributed by atoms with Gasteiger partial charge < -0.3 is 10.1 Å². The normalized spacial score (nSPS) is 24.1. The monoisotopic (exact) mass is 283 g/mol. The molecule has 1 aliphatic carbocycles. The SMILES string of the molecule is CCNC1CC(OCc2ccccc2Br)C1. The van der Waals surface area contributed by atoms with Gasteiger partial charge in [-0.15, -0.1) is 0 Å². The molecule has 1 N–H and O–H groups in total. The van der Waals surface area contributed by atoms with Crippen LogP contribution in [0.2, 0.25) is 0 Å². The Bertz CT molecular complexity index is 336. The molecule has 0 radical (unpaired) electrons. The van der Waals surface area contributed by atoms with E-state index in [0.717, 1.165) is 23.9 Å². The smallest absolute Gasteiger partial charge is 0.0731 e. The van der Waals surface area contributed by atoms with Gasteiger partial charge in [0.25, 0.3) is 0 Å². The minimum Gasteiger partial charge on any atom is -0.373 e. The Hall–Kier alpha value is -0.380. The second-order valence-corrected chi connectivity index (χ2v) is 5.10. The van der Waals surface area contributed by atoms with Gasteiger partial charge in [0.05, 0.1) is 12.7 Å². The van der Waals surface area contributed by atoms with Crippen LogP contribution in [0.15, 0.2) is 28.7 Å². The van der Waals surface area contributed by atoms with Gasteiger partial charge in [-0.25, -0.2) is 0 Å².